The third-order valence-electron chi connectivity index (χ3n) is 2.34. The summed E-state index contributed by atoms with van der Waals surface area (Å²) in [6, 6.07) is 0. The number of aryl methyl sites for hydroxylation is 1. The Morgan fingerprint density at radius 1 is 1.47 bits per heavy atom. The molecular formula is C12H13IN4. The van der Waals surface area contributed by atoms with Gasteiger partial charge in [-0.1, -0.05) is 12.7 Å². The molecule has 0 aliphatic heterocycles. The van der Waals surface area contributed by atoms with E-state index >= 15 is 0 Å². The number of hydrogen-bond acceptors (Lipinski definition) is 2. The van der Waals surface area contributed by atoms with Gasteiger partial charge in [0.25, 0.3) is 0 Å². The minimum absolute atomic E-state index is 0.863. The van der Waals surface area contributed by atoms with Gasteiger partial charge in [-0.15, -0.1) is 0 Å². The lowest BCUT2D eigenvalue weighted by atomic mass is 10.3. The second-order valence-electron chi connectivity index (χ2n) is 3.63. The van der Waals surface area contributed by atoms with Gasteiger partial charge in [-0.05, 0) is 29.5 Å². The number of nitrogens with zero attached hydrogens (tertiary/aromatic N) is 4. The predicted octanol–water partition coefficient (Wildman–Crippen LogP) is 3.18. The summed E-state index contributed by atoms with van der Waals surface area (Å²) in [5.74, 6) is 0.863. The molecule has 0 saturated carbocycles. The molecule has 2 heterocycles. The topological polar surface area (TPSA) is 35.6 Å². The van der Waals surface area contributed by atoms with Crippen LogP contribution in [0.5, 0.6) is 0 Å². The lowest BCUT2D eigenvalue weighted by Gasteiger charge is -2.04. The molecule has 0 bridgehead atoms. The summed E-state index contributed by atoms with van der Waals surface area (Å²) in [6.07, 6.45) is 9.60. The second-order valence-corrected chi connectivity index (χ2v) is 4.93. The first kappa shape index (κ1) is 12.1. The lowest BCUT2D eigenvalue weighted by Crippen LogP contribution is -1.94. The molecule has 0 aliphatic carbocycles. The lowest BCUT2D eigenvalue weighted by molar-refractivity contribution is 0.768. The number of aromatic nitrogens is 4. The first-order valence-electron chi connectivity index (χ1n) is 5.17. The Hall–Kier alpha value is -1.37. The average molecular weight is 340 g/mol. The summed E-state index contributed by atoms with van der Waals surface area (Å²) in [4.78, 5) is 4.39. The van der Waals surface area contributed by atoms with Gasteiger partial charge < -0.3 is 0 Å². The van der Waals surface area contributed by atoms with Crippen LogP contribution in [0.15, 0.2) is 31.2 Å². The van der Waals surface area contributed by atoms with Gasteiger partial charge in [-0.25, -0.2) is 4.98 Å². The van der Waals surface area contributed by atoms with Crippen molar-refractivity contribution in [3.63, 3.8) is 0 Å². The fourth-order valence-corrected chi connectivity index (χ4v) is 2.03. The Morgan fingerprint density at radius 3 is 2.76 bits per heavy atom. The van der Waals surface area contributed by atoms with Gasteiger partial charge in [-0.3, -0.25) is 9.25 Å². The normalized spacial score (nSPS) is 11.2. The van der Waals surface area contributed by atoms with E-state index in [1.165, 1.54) is 0 Å². The van der Waals surface area contributed by atoms with E-state index in [0.29, 0.717) is 0 Å². The van der Waals surface area contributed by atoms with Crippen LogP contribution in [0.1, 0.15) is 12.7 Å². The minimum atomic E-state index is 0.863. The summed E-state index contributed by atoms with van der Waals surface area (Å²) in [5, 5.41) is 4.18. The van der Waals surface area contributed by atoms with E-state index in [9.17, 15) is 0 Å². The van der Waals surface area contributed by atoms with Crippen molar-refractivity contribution in [1.82, 2.24) is 19.3 Å². The molecule has 17 heavy (non-hydrogen) atoms. The number of halogens is 1. The van der Waals surface area contributed by atoms with Crippen LogP contribution in [0, 0.1) is 0 Å². The maximum absolute atomic E-state index is 4.39. The van der Waals surface area contributed by atoms with Crippen molar-refractivity contribution >= 4 is 32.4 Å². The highest BCUT2D eigenvalue weighted by Gasteiger charge is 2.11. The van der Waals surface area contributed by atoms with E-state index in [2.05, 4.69) is 39.3 Å². The molecule has 0 aromatic carbocycles. The summed E-state index contributed by atoms with van der Waals surface area (Å²) in [5.41, 5.74) is 2.06. The van der Waals surface area contributed by atoms with Crippen molar-refractivity contribution < 1.29 is 0 Å². The Morgan fingerprint density at radius 2 is 2.24 bits per heavy atom. The zero-order valence-corrected chi connectivity index (χ0v) is 11.9. The summed E-state index contributed by atoms with van der Waals surface area (Å²) in [6.45, 7) is 5.91. The molecule has 0 fully saturated rings. The summed E-state index contributed by atoms with van der Waals surface area (Å²) >= 11 is 2.18. The number of allylic oxidation sites excluding steroid dienone is 1. The van der Waals surface area contributed by atoms with Crippen LogP contribution in [0.2, 0.25) is 0 Å². The molecular weight excluding hydrogens is 327 g/mol. The van der Waals surface area contributed by atoms with Gasteiger partial charge in [0.1, 0.15) is 5.82 Å². The summed E-state index contributed by atoms with van der Waals surface area (Å²) in [7, 11) is 1.90. The van der Waals surface area contributed by atoms with Crippen molar-refractivity contribution in [2.45, 2.75) is 6.92 Å². The van der Waals surface area contributed by atoms with Crippen molar-refractivity contribution in [3.8, 4) is 11.3 Å². The molecule has 0 aliphatic rings. The summed E-state index contributed by atoms with van der Waals surface area (Å²) < 4.78 is 4.71. The van der Waals surface area contributed by atoms with E-state index in [4.69, 9.17) is 0 Å². The highest BCUT2D eigenvalue weighted by molar-refractivity contribution is 14.1. The fraction of sp³-hybridized carbons (Fsp3) is 0.167. The zero-order valence-electron chi connectivity index (χ0n) is 9.76. The largest absolute Gasteiger partial charge is 0.299 e. The SMILES string of the molecule is C=C(I)c1ncc(-c2cnn(C)c2)n1/C=C\C. The molecule has 2 aromatic rings. The van der Waals surface area contributed by atoms with Crippen molar-refractivity contribution in [2.75, 3.05) is 0 Å². The van der Waals surface area contributed by atoms with E-state index in [0.717, 1.165) is 20.7 Å². The van der Waals surface area contributed by atoms with Crippen LogP contribution in [-0.4, -0.2) is 19.3 Å². The molecule has 0 spiro atoms. The van der Waals surface area contributed by atoms with Gasteiger partial charge in [0.05, 0.1) is 18.1 Å². The van der Waals surface area contributed by atoms with Gasteiger partial charge in [0.2, 0.25) is 0 Å². The van der Waals surface area contributed by atoms with E-state index in [-0.39, 0.29) is 0 Å². The molecule has 0 N–H and O–H groups in total. The number of hydrogen-bond donors (Lipinski definition) is 0. The van der Waals surface area contributed by atoms with Gasteiger partial charge >= 0.3 is 0 Å². The van der Waals surface area contributed by atoms with Crippen LogP contribution in [-0.2, 0) is 7.05 Å². The Balaban J connectivity index is 2.58. The molecule has 2 aromatic heterocycles. The first-order valence-corrected chi connectivity index (χ1v) is 6.25. The highest BCUT2D eigenvalue weighted by Crippen LogP contribution is 2.26. The fourth-order valence-electron chi connectivity index (χ4n) is 1.63. The second kappa shape index (κ2) is 4.87. The molecule has 0 saturated heterocycles. The molecule has 0 radical (unpaired) electrons. The number of rotatable bonds is 3. The van der Waals surface area contributed by atoms with Gasteiger partial charge in [-0.2, -0.15) is 5.10 Å². The predicted molar refractivity (Wildman–Crippen MR) is 78.5 cm³/mol. The molecule has 0 amide bonds. The highest BCUT2D eigenvalue weighted by atomic mass is 127. The van der Waals surface area contributed by atoms with Crippen LogP contribution in [0.4, 0.5) is 0 Å². The molecule has 88 valence electrons. The van der Waals surface area contributed by atoms with Gasteiger partial charge in [0.15, 0.2) is 0 Å². The van der Waals surface area contributed by atoms with Crippen molar-refractivity contribution in [1.29, 1.82) is 0 Å². The van der Waals surface area contributed by atoms with Crippen LogP contribution in [0.3, 0.4) is 0 Å². The Labute approximate surface area is 114 Å². The van der Waals surface area contributed by atoms with E-state index < -0.39 is 0 Å². The van der Waals surface area contributed by atoms with Gasteiger partial charge in [0, 0.05) is 28.6 Å². The molecule has 5 heteroatoms. The Kier molecular flexibility index (Phi) is 3.46. The third-order valence-corrected chi connectivity index (χ3v) is 2.82. The molecule has 0 unspecified atom stereocenters. The van der Waals surface area contributed by atoms with Crippen LogP contribution >= 0.6 is 22.6 Å². The quantitative estimate of drug-likeness (QED) is 0.805. The van der Waals surface area contributed by atoms with E-state index in [1.54, 1.807) is 4.68 Å². The first-order chi connectivity index (χ1) is 8.13. The average Bonchev–Trinajstić information content (AvgIpc) is 2.85. The van der Waals surface area contributed by atoms with E-state index in [1.807, 2.05) is 49.4 Å². The zero-order chi connectivity index (χ0) is 12.4. The standard InChI is InChI=1S/C12H13IN4/c1-4-5-17-11(7-14-12(17)9(2)13)10-6-15-16(3)8-10/h4-8H,2H2,1,3H3/b5-4-. The third kappa shape index (κ3) is 2.33. The maximum Gasteiger partial charge on any atom is 0.150 e. The van der Waals surface area contributed by atoms with Crippen molar-refractivity contribution in [3.05, 3.63) is 37.1 Å². The van der Waals surface area contributed by atoms with Crippen LogP contribution < -0.4 is 0 Å². The monoisotopic (exact) mass is 340 g/mol. The molecule has 0 atom stereocenters. The van der Waals surface area contributed by atoms with Crippen molar-refractivity contribution in [2.24, 2.45) is 7.05 Å². The Bertz CT molecular complexity index is 577. The van der Waals surface area contributed by atoms with Crippen LogP contribution in [0.25, 0.3) is 21.0 Å². The molecule has 2 rings (SSSR count). The smallest absolute Gasteiger partial charge is 0.150 e. The molecule has 4 nitrogen and oxygen atoms in total. The number of imidazole rings is 1. The maximum atomic E-state index is 4.39. The minimum Gasteiger partial charge on any atom is -0.299 e.